The van der Waals surface area contributed by atoms with E-state index < -0.39 is 0 Å². The first-order valence-electron chi connectivity index (χ1n) is 6.08. The molecular formula is C14H16N2O. The van der Waals surface area contributed by atoms with Gasteiger partial charge in [0.1, 0.15) is 6.26 Å². The fourth-order valence-corrected chi connectivity index (χ4v) is 2.07. The van der Waals surface area contributed by atoms with Gasteiger partial charge >= 0.3 is 0 Å². The van der Waals surface area contributed by atoms with E-state index in [0.717, 1.165) is 37.5 Å². The zero-order chi connectivity index (χ0) is 11.5. The van der Waals surface area contributed by atoms with E-state index >= 15 is 0 Å². The first kappa shape index (κ1) is 10.5. The number of nitrogens with one attached hydrogen (secondary N) is 1. The van der Waals surface area contributed by atoms with E-state index in [-0.39, 0.29) is 0 Å². The van der Waals surface area contributed by atoms with Crippen molar-refractivity contribution in [3.05, 3.63) is 53.7 Å². The summed E-state index contributed by atoms with van der Waals surface area (Å²) in [6.45, 7) is 2.19. The third kappa shape index (κ3) is 2.56. The Balaban J connectivity index is 1.64. The molecular weight excluding hydrogens is 212 g/mol. The molecule has 2 aromatic rings. The molecule has 1 fully saturated rings. The van der Waals surface area contributed by atoms with E-state index in [4.69, 9.17) is 4.42 Å². The van der Waals surface area contributed by atoms with Crippen LogP contribution in [-0.2, 0) is 12.8 Å². The second-order valence-electron chi connectivity index (χ2n) is 4.62. The maximum Gasteiger partial charge on any atom is 0.194 e. The number of nitrogens with zero attached hydrogens (tertiary/aromatic N) is 1. The normalized spacial score (nSPS) is 15.8. The number of rotatable bonds is 4. The molecule has 0 saturated carbocycles. The summed E-state index contributed by atoms with van der Waals surface area (Å²) in [5, 5.41) is 3.26. The van der Waals surface area contributed by atoms with Crippen LogP contribution in [0.1, 0.15) is 17.1 Å². The quantitative estimate of drug-likeness (QED) is 0.870. The fraction of sp³-hybridized carbons (Fsp3) is 0.357. The van der Waals surface area contributed by atoms with Crippen molar-refractivity contribution in [1.29, 1.82) is 0 Å². The van der Waals surface area contributed by atoms with Crippen molar-refractivity contribution in [1.82, 2.24) is 10.3 Å². The van der Waals surface area contributed by atoms with Crippen molar-refractivity contribution < 1.29 is 4.42 Å². The lowest BCUT2D eigenvalue weighted by Gasteiger charge is -2.25. The Morgan fingerprint density at radius 3 is 2.76 bits per heavy atom. The van der Waals surface area contributed by atoms with Crippen molar-refractivity contribution in [3.8, 4) is 0 Å². The first-order chi connectivity index (χ1) is 8.40. The summed E-state index contributed by atoms with van der Waals surface area (Å²) in [5.74, 6) is 1.58. The van der Waals surface area contributed by atoms with Crippen LogP contribution in [0.15, 0.2) is 41.0 Å². The van der Waals surface area contributed by atoms with E-state index in [0.29, 0.717) is 5.92 Å². The molecule has 0 spiro atoms. The van der Waals surface area contributed by atoms with Crippen LogP contribution in [0.2, 0.25) is 0 Å². The zero-order valence-corrected chi connectivity index (χ0v) is 9.73. The summed E-state index contributed by atoms with van der Waals surface area (Å²) >= 11 is 0. The molecule has 17 heavy (non-hydrogen) atoms. The van der Waals surface area contributed by atoms with Crippen LogP contribution in [-0.4, -0.2) is 18.1 Å². The minimum Gasteiger partial charge on any atom is -0.449 e. The van der Waals surface area contributed by atoms with Gasteiger partial charge in [0, 0.05) is 12.8 Å². The Morgan fingerprint density at radius 2 is 2.06 bits per heavy atom. The molecule has 1 saturated heterocycles. The molecule has 2 heterocycles. The summed E-state index contributed by atoms with van der Waals surface area (Å²) in [6, 6.07) is 10.4. The molecule has 3 heteroatoms. The van der Waals surface area contributed by atoms with Crippen molar-refractivity contribution in [2.24, 2.45) is 5.92 Å². The zero-order valence-electron chi connectivity index (χ0n) is 9.73. The predicted octanol–water partition coefficient (Wildman–Crippen LogP) is 2.03. The lowest BCUT2D eigenvalue weighted by molar-refractivity contribution is 0.318. The summed E-state index contributed by atoms with van der Waals surface area (Å²) in [7, 11) is 0. The van der Waals surface area contributed by atoms with E-state index in [1.807, 2.05) is 6.07 Å². The largest absolute Gasteiger partial charge is 0.449 e. The summed E-state index contributed by atoms with van der Waals surface area (Å²) in [5.41, 5.74) is 2.30. The smallest absolute Gasteiger partial charge is 0.194 e. The van der Waals surface area contributed by atoms with Gasteiger partial charge in [-0.3, -0.25) is 0 Å². The lowest BCUT2D eigenvalue weighted by Crippen LogP contribution is -2.43. The predicted molar refractivity (Wildman–Crippen MR) is 65.8 cm³/mol. The molecule has 1 aromatic heterocycles. The summed E-state index contributed by atoms with van der Waals surface area (Å²) in [6.07, 6.45) is 3.60. The van der Waals surface area contributed by atoms with Crippen LogP contribution in [0.3, 0.4) is 0 Å². The van der Waals surface area contributed by atoms with E-state index in [2.05, 4.69) is 34.6 Å². The standard InChI is InChI=1S/C14H16N2O/c1-2-4-11(5-3-1)6-13-10-17-14(16-13)7-12-8-15-9-12/h1-5,10,12,15H,6-9H2. The maximum absolute atomic E-state index is 5.50. The molecule has 1 aliphatic heterocycles. The molecule has 1 aliphatic rings. The van der Waals surface area contributed by atoms with Gasteiger partial charge in [0.25, 0.3) is 0 Å². The molecule has 3 nitrogen and oxygen atoms in total. The van der Waals surface area contributed by atoms with Crippen LogP contribution < -0.4 is 5.32 Å². The highest BCUT2D eigenvalue weighted by atomic mass is 16.3. The van der Waals surface area contributed by atoms with Gasteiger partial charge in [-0.2, -0.15) is 0 Å². The van der Waals surface area contributed by atoms with Gasteiger partial charge in [-0.1, -0.05) is 30.3 Å². The van der Waals surface area contributed by atoms with Gasteiger partial charge < -0.3 is 9.73 Å². The van der Waals surface area contributed by atoms with Crippen LogP contribution in [0, 0.1) is 5.92 Å². The second kappa shape index (κ2) is 4.72. The molecule has 1 aromatic carbocycles. The number of aromatic nitrogens is 1. The highest BCUT2D eigenvalue weighted by Gasteiger charge is 2.19. The third-order valence-electron chi connectivity index (χ3n) is 3.16. The van der Waals surface area contributed by atoms with Gasteiger partial charge in [-0.25, -0.2) is 4.98 Å². The number of hydrogen-bond acceptors (Lipinski definition) is 3. The van der Waals surface area contributed by atoms with Crippen molar-refractivity contribution >= 4 is 0 Å². The van der Waals surface area contributed by atoms with Gasteiger partial charge in [0.15, 0.2) is 5.89 Å². The minimum absolute atomic E-state index is 0.707. The fourth-order valence-electron chi connectivity index (χ4n) is 2.07. The van der Waals surface area contributed by atoms with Gasteiger partial charge in [0.2, 0.25) is 0 Å². The monoisotopic (exact) mass is 228 g/mol. The highest BCUT2D eigenvalue weighted by Crippen LogP contribution is 2.14. The van der Waals surface area contributed by atoms with Crippen molar-refractivity contribution in [3.63, 3.8) is 0 Å². The molecule has 88 valence electrons. The Hall–Kier alpha value is -1.61. The van der Waals surface area contributed by atoms with Crippen LogP contribution in [0.5, 0.6) is 0 Å². The van der Waals surface area contributed by atoms with E-state index in [1.165, 1.54) is 5.56 Å². The highest BCUT2D eigenvalue weighted by molar-refractivity contribution is 5.20. The average molecular weight is 228 g/mol. The second-order valence-corrected chi connectivity index (χ2v) is 4.62. The van der Waals surface area contributed by atoms with Gasteiger partial charge in [-0.05, 0) is 24.6 Å². The Bertz CT molecular complexity index is 474. The molecule has 0 radical (unpaired) electrons. The van der Waals surface area contributed by atoms with Crippen molar-refractivity contribution in [2.75, 3.05) is 13.1 Å². The molecule has 1 N–H and O–H groups in total. The summed E-state index contributed by atoms with van der Waals surface area (Å²) < 4.78 is 5.50. The van der Waals surface area contributed by atoms with Crippen LogP contribution in [0.4, 0.5) is 0 Å². The minimum atomic E-state index is 0.707. The summed E-state index contributed by atoms with van der Waals surface area (Å²) in [4.78, 5) is 4.53. The topological polar surface area (TPSA) is 38.1 Å². The van der Waals surface area contributed by atoms with E-state index in [1.54, 1.807) is 6.26 Å². The van der Waals surface area contributed by atoms with E-state index in [9.17, 15) is 0 Å². The van der Waals surface area contributed by atoms with Gasteiger partial charge in [-0.15, -0.1) is 0 Å². The molecule has 0 atom stereocenters. The SMILES string of the molecule is c1ccc(Cc2coc(CC3CNC3)n2)cc1. The van der Waals surface area contributed by atoms with Crippen molar-refractivity contribution in [2.45, 2.75) is 12.8 Å². The number of oxazole rings is 1. The average Bonchev–Trinajstić information content (AvgIpc) is 2.73. The number of benzene rings is 1. The molecule has 0 unspecified atom stereocenters. The maximum atomic E-state index is 5.50. The Kier molecular flexibility index (Phi) is 2.92. The Morgan fingerprint density at radius 1 is 1.24 bits per heavy atom. The lowest BCUT2D eigenvalue weighted by atomic mass is 10.00. The van der Waals surface area contributed by atoms with Crippen LogP contribution in [0.25, 0.3) is 0 Å². The third-order valence-corrected chi connectivity index (χ3v) is 3.16. The van der Waals surface area contributed by atoms with Crippen LogP contribution >= 0.6 is 0 Å². The first-order valence-corrected chi connectivity index (χ1v) is 6.08. The Labute approximate surface area is 101 Å². The molecule has 0 amide bonds. The number of hydrogen-bond donors (Lipinski definition) is 1. The van der Waals surface area contributed by atoms with Gasteiger partial charge in [0.05, 0.1) is 5.69 Å². The molecule has 3 rings (SSSR count). The molecule has 0 aliphatic carbocycles. The molecule has 0 bridgehead atoms.